The summed E-state index contributed by atoms with van der Waals surface area (Å²) in [5.41, 5.74) is -3.84. The van der Waals surface area contributed by atoms with Gasteiger partial charge in [0.15, 0.2) is 6.29 Å². The molecule has 314 valence electrons. The van der Waals surface area contributed by atoms with Gasteiger partial charge < -0.3 is 24.2 Å². The molecule has 3 aromatic rings. The van der Waals surface area contributed by atoms with Crippen LogP contribution in [-0.2, 0) is 35.8 Å². The van der Waals surface area contributed by atoms with Gasteiger partial charge in [-0.2, -0.15) is 15.6 Å². The number of hydrogen-bond donors (Lipinski definition) is 1. The van der Waals surface area contributed by atoms with Crippen molar-refractivity contribution in [1.82, 2.24) is 24.6 Å². The molecule has 2 fully saturated rings. The standard InChI is InChI=1S/C43H44F3N7O6S/c1-3-41(26-53-29-49-28-50-53,35-11-10-33(44)19-37(35)46)43(40(55)56)20-31(22-48)12-13-42(43,27-59-38(54)23-52-16-14-51(2)15-17-52)60-34-24-57-39(58-25-34)7-5-4-6-32-9-8-30(21-47)18-36(32)45/h4-13,18-20,28-29,34,39H,3,14-17,23-27H2,1-2H3,(H,55,56)/b6-4+,7-5+/t34-,39-,41?,42-,43-/m0/s1. The summed E-state index contributed by atoms with van der Waals surface area (Å²) in [4.78, 5) is 36.3. The number of carbonyl (C=O) groups excluding carboxylic acids is 1. The zero-order valence-electron chi connectivity index (χ0n) is 33.0. The molecule has 0 bridgehead atoms. The van der Waals surface area contributed by atoms with Gasteiger partial charge in [-0.25, -0.2) is 18.2 Å². The molecule has 1 unspecified atom stereocenters. The smallest absolute Gasteiger partial charge is 0.320 e. The van der Waals surface area contributed by atoms with E-state index in [9.17, 15) is 28.7 Å². The quantitative estimate of drug-likeness (QED) is 0.155. The molecular formula is C43H44F3N7O6S. The van der Waals surface area contributed by atoms with Crippen molar-refractivity contribution < 1.29 is 42.1 Å². The van der Waals surface area contributed by atoms with Gasteiger partial charge in [0.1, 0.15) is 42.1 Å². The van der Waals surface area contributed by atoms with E-state index in [1.807, 2.05) is 18.0 Å². The Morgan fingerprint density at radius 3 is 2.47 bits per heavy atom. The van der Waals surface area contributed by atoms with Crippen molar-refractivity contribution in [2.75, 3.05) is 59.6 Å². The minimum Gasteiger partial charge on any atom is -0.481 e. The zero-order chi connectivity index (χ0) is 42.9. The predicted octanol–water partition coefficient (Wildman–Crippen LogP) is 5.28. The number of likely N-dealkylation sites (N-methyl/N-ethyl adjacent to an activating group) is 1. The lowest BCUT2D eigenvalue weighted by Gasteiger charge is -2.56. The molecule has 3 atom stereocenters. The molecule has 6 rings (SSSR count). The van der Waals surface area contributed by atoms with Gasteiger partial charge in [-0.1, -0.05) is 43.4 Å². The van der Waals surface area contributed by atoms with E-state index in [-0.39, 0.29) is 55.0 Å². The van der Waals surface area contributed by atoms with Crippen molar-refractivity contribution in [2.24, 2.45) is 5.41 Å². The number of aliphatic carboxylic acids is 1. The van der Waals surface area contributed by atoms with Gasteiger partial charge in [0.05, 0.1) is 54.0 Å². The van der Waals surface area contributed by atoms with Crippen LogP contribution in [0, 0.1) is 45.5 Å². The number of nitrogens with zero attached hydrogens (tertiary/aromatic N) is 7. The number of rotatable bonds is 15. The first kappa shape index (κ1) is 44.0. The Labute approximate surface area is 350 Å². The van der Waals surface area contributed by atoms with Crippen LogP contribution in [0.15, 0.2) is 91.1 Å². The topological polar surface area (TPSA) is 167 Å². The molecule has 1 aromatic heterocycles. The molecule has 2 aromatic carbocycles. The Hall–Kier alpha value is -5.56. The number of thioether (sulfide) groups is 1. The summed E-state index contributed by atoms with van der Waals surface area (Å²) < 4.78 is 63.1. The van der Waals surface area contributed by atoms with Gasteiger partial charge in [0, 0.05) is 48.8 Å². The lowest BCUT2D eigenvalue weighted by molar-refractivity contribution is -0.159. The maximum atomic E-state index is 16.4. The number of ether oxygens (including phenoxy) is 3. The van der Waals surface area contributed by atoms with E-state index in [4.69, 9.17) is 19.5 Å². The van der Waals surface area contributed by atoms with Gasteiger partial charge in [-0.05, 0) is 55.5 Å². The maximum Gasteiger partial charge on any atom is 0.320 e. The van der Waals surface area contributed by atoms with Crippen molar-refractivity contribution in [2.45, 2.75) is 41.6 Å². The number of carbonyl (C=O) groups is 2. The second-order valence-corrected chi connectivity index (χ2v) is 16.4. The first-order valence-corrected chi connectivity index (χ1v) is 20.1. The number of aromatic nitrogens is 3. The summed E-state index contributed by atoms with van der Waals surface area (Å²) in [6.45, 7) is 3.57. The third-order valence-corrected chi connectivity index (χ3v) is 12.8. The first-order chi connectivity index (χ1) is 28.9. The summed E-state index contributed by atoms with van der Waals surface area (Å²) in [6.07, 6.45) is 12.3. The molecule has 3 aliphatic rings. The monoisotopic (exact) mass is 843 g/mol. The average Bonchev–Trinajstić information content (AvgIpc) is 3.76. The molecule has 3 heterocycles. The number of benzene rings is 2. The van der Waals surface area contributed by atoms with E-state index in [0.29, 0.717) is 19.2 Å². The summed E-state index contributed by atoms with van der Waals surface area (Å²) in [7, 11) is 1.99. The number of halogens is 3. The average molecular weight is 844 g/mol. The third kappa shape index (κ3) is 9.26. The molecule has 0 radical (unpaired) electrons. The van der Waals surface area contributed by atoms with Crippen LogP contribution in [0.2, 0.25) is 0 Å². The number of hydrogen-bond acceptors (Lipinski definition) is 12. The molecule has 2 aliphatic heterocycles. The minimum absolute atomic E-state index is 0.0239. The summed E-state index contributed by atoms with van der Waals surface area (Å²) in [6, 6.07) is 11.0. The molecule has 0 saturated carbocycles. The number of carboxylic acids is 1. The lowest BCUT2D eigenvalue weighted by Crippen LogP contribution is -2.66. The largest absolute Gasteiger partial charge is 0.481 e. The fraction of sp³-hybridized carbons (Fsp3) is 0.395. The summed E-state index contributed by atoms with van der Waals surface area (Å²) in [5.74, 6) is -4.51. The van der Waals surface area contributed by atoms with Crippen molar-refractivity contribution in [3.8, 4) is 12.1 Å². The third-order valence-electron chi connectivity index (χ3n) is 11.2. The Morgan fingerprint density at radius 2 is 1.83 bits per heavy atom. The van der Waals surface area contributed by atoms with E-state index >= 15 is 4.39 Å². The Kier molecular flexibility index (Phi) is 14.1. The highest BCUT2D eigenvalue weighted by Gasteiger charge is 2.69. The van der Waals surface area contributed by atoms with Gasteiger partial charge in [0.2, 0.25) is 0 Å². The molecule has 2 saturated heterocycles. The van der Waals surface area contributed by atoms with Crippen LogP contribution < -0.4 is 0 Å². The fourth-order valence-corrected chi connectivity index (χ4v) is 9.75. The molecule has 0 amide bonds. The van der Waals surface area contributed by atoms with Gasteiger partial charge in [-0.15, -0.1) is 11.8 Å². The van der Waals surface area contributed by atoms with E-state index < -0.39 is 63.1 Å². The predicted molar refractivity (Wildman–Crippen MR) is 215 cm³/mol. The molecule has 0 spiro atoms. The Bertz CT molecular complexity index is 2240. The van der Waals surface area contributed by atoms with Crippen LogP contribution in [-0.4, -0.2) is 117 Å². The van der Waals surface area contributed by atoms with E-state index in [1.54, 1.807) is 25.2 Å². The van der Waals surface area contributed by atoms with E-state index in [1.165, 1.54) is 59.8 Å². The number of piperazine rings is 1. The highest BCUT2D eigenvalue weighted by molar-refractivity contribution is 8.01. The fourth-order valence-electron chi connectivity index (χ4n) is 8.06. The molecule has 1 aliphatic carbocycles. The Balaban J connectivity index is 1.38. The molecule has 17 heteroatoms. The highest BCUT2D eigenvalue weighted by atomic mass is 32.2. The summed E-state index contributed by atoms with van der Waals surface area (Å²) >= 11 is 1.10. The summed E-state index contributed by atoms with van der Waals surface area (Å²) in [5, 5.41) is 34.7. The molecule has 1 N–H and O–H groups in total. The van der Waals surface area contributed by atoms with Crippen LogP contribution in [0.1, 0.15) is 30.0 Å². The number of allylic oxidation sites excluding steroid dienone is 4. The van der Waals surface area contributed by atoms with Gasteiger partial charge in [-0.3, -0.25) is 19.2 Å². The van der Waals surface area contributed by atoms with Crippen molar-refractivity contribution in [1.29, 1.82) is 10.5 Å². The van der Waals surface area contributed by atoms with Gasteiger partial charge >= 0.3 is 11.9 Å². The number of nitriles is 2. The lowest BCUT2D eigenvalue weighted by atomic mass is 9.51. The zero-order valence-corrected chi connectivity index (χ0v) is 33.9. The van der Waals surface area contributed by atoms with Crippen molar-refractivity contribution >= 4 is 29.8 Å². The van der Waals surface area contributed by atoms with Gasteiger partial charge in [0.25, 0.3) is 0 Å². The van der Waals surface area contributed by atoms with Crippen molar-refractivity contribution in [3.63, 3.8) is 0 Å². The maximum absolute atomic E-state index is 16.4. The van der Waals surface area contributed by atoms with Crippen LogP contribution in [0.5, 0.6) is 0 Å². The second-order valence-electron chi connectivity index (χ2n) is 14.8. The number of esters is 1. The van der Waals surface area contributed by atoms with Crippen LogP contribution >= 0.6 is 11.8 Å². The molecule has 13 nitrogen and oxygen atoms in total. The SMILES string of the molecule is CCC(Cn1cncn1)(c1ccc(F)cc1F)[C@@]1(C(=O)O)C=C(C#N)C=C[C@@]1(COC(=O)CN1CCN(C)CC1)S[C@H]1CO[C@H](/C=C/C=C/c2ccc(C#N)cc2F)OC1. The van der Waals surface area contributed by atoms with E-state index in [0.717, 1.165) is 37.0 Å². The second kappa shape index (κ2) is 19.2. The number of carboxylic acid groups (broad SMARTS) is 1. The van der Waals surface area contributed by atoms with Crippen LogP contribution in [0.25, 0.3) is 6.08 Å². The van der Waals surface area contributed by atoms with Crippen LogP contribution in [0.4, 0.5) is 13.2 Å². The minimum atomic E-state index is -2.29. The highest BCUT2D eigenvalue weighted by Crippen LogP contribution is 2.62. The molecular weight excluding hydrogens is 800 g/mol. The normalized spacial score (nSPS) is 24.8. The first-order valence-electron chi connectivity index (χ1n) is 19.2. The van der Waals surface area contributed by atoms with E-state index in [2.05, 4.69) is 21.1 Å². The van der Waals surface area contributed by atoms with Crippen molar-refractivity contribution in [3.05, 3.63) is 125 Å². The Morgan fingerprint density at radius 1 is 1.07 bits per heavy atom. The molecule has 60 heavy (non-hydrogen) atoms. The van der Waals surface area contributed by atoms with Crippen LogP contribution in [0.3, 0.4) is 0 Å².